The van der Waals surface area contributed by atoms with Crippen molar-refractivity contribution in [2.75, 3.05) is 11.1 Å². The molecule has 0 aliphatic carbocycles. The molecule has 0 fully saturated rings. The van der Waals surface area contributed by atoms with E-state index in [1.54, 1.807) is 0 Å². The van der Waals surface area contributed by atoms with Crippen LogP contribution >= 0.6 is 27.7 Å². The summed E-state index contributed by atoms with van der Waals surface area (Å²) >= 11 is 4.69. The summed E-state index contributed by atoms with van der Waals surface area (Å²) in [4.78, 5) is 12.6. The molecule has 0 saturated heterocycles. The van der Waals surface area contributed by atoms with Crippen LogP contribution in [-0.2, 0) is 11.3 Å². The molecule has 0 aliphatic rings. The van der Waals surface area contributed by atoms with Gasteiger partial charge in [0.2, 0.25) is 11.7 Å². The van der Waals surface area contributed by atoms with Crippen LogP contribution < -0.4 is 5.32 Å². The quantitative estimate of drug-likeness (QED) is 0.332. The van der Waals surface area contributed by atoms with Crippen molar-refractivity contribution in [3.63, 3.8) is 0 Å². The highest BCUT2D eigenvalue weighted by Gasteiger charge is 2.19. The highest BCUT2D eigenvalue weighted by atomic mass is 79.9. The number of para-hydroxylation sites is 1. The first-order valence-electron chi connectivity index (χ1n) is 9.73. The fraction of sp³-hybridized carbons (Fsp3) is 0.174. The van der Waals surface area contributed by atoms with Crippen molar-refractivity contribution >= 4 is 39.3 Å². The Morgan fingerprint density at radius 3 is 2.45 bits per heavy atom. The summed E-state index contributed by atoms with van der Waals surface area (Å²) in [5.74, 6) is 1.37. The number of carbonyl (C=O) groups excluding carboxylic acids is 1. The van der Waals surface area contributed by atoms with E-state index in [0.717, 1.165) is 22.4 Å². The third kappa shape index (κ3) is 5.08. The van der Waals surface area contributed by atoms with Gasteiger partial charge in [-0.15, -0.1) is 10.2 Å². The lowest BCUT2D eigenvalue weighted by Gasteiger charge is -2.12. The monoisotopic (exact) mass is 496 g/mol. The number of halogens is 1. The second-order valence-electron chi connectivity index (χ2n) is 7.09. The number of thioether (sulfide) groups is 1. The van der Waals surface area contributed by atoms with Crippen LogP contribution in [0, 0.1) is 13.8 Å². The number of hydrogen-bond donors (Lipinski definition) is 1. The molecule has 1 N–H and O–H groups in total. The molecule has 2 heterocycles. The van der Waals surface area contributed by atoms with Gasteiger partial charge < -0.3 is 9.73 Å². The van der Waals surface area contributed by atoms with Crippen LogP contribution in [0.25, 0.3) is 11.6 Å². The number of aryl methyl sites for hydroxylation is 2. The van der Waals surface area contributed by atoms with E-state index < -0.39 is 0 Å². The van der Waals surface area contributed by atoms with Gasteiger partial charge in [-0.05, 0) is 58.6 Å². The molecule has 0 radical (unpaired) electrons. The van der Waals surface area contributed by atoms with Gasteiger partial charge in [0.25, 0.3) is 0 Å². The van der Waals surface area contributed by atoms with Crippen LogP contribution in [0.1, 0.15) is 16.7 Å². The number of furan rings is 1. The lowest BCUT2D eigenvalue weighted by Crippen LogP contribution is -2.16. The second kappa shape index (κ2) is 9.53. The predicted octanol–water partition coefficient (Wildman–Crippen LogP) is 5.70. The maximum absolute atomic E-state index is 12.6. The van der Waals surface area contributed by atoms with E-state index in [1.165, 1.54) is 11.8 Å². The number of hydrogen-bond acceptors (Lipinski definition) is 5. The van der Waals surface area contributed by atoms with E-state index in [4.69, 9.17) is 4.42 Å². The molecule has 31 heavy (non-hydrogen) atoms. The third-order valence-electron chi connectivity index (χ3n) is 4.77. The Morgan fingerprint density at radius 2 is 1.77 bits per heavy atom. The molecule has 2 aromatic heterocycles. The van der Waals surface area contributed by atoms with E-state index in [0.29, 0.717) is 28.0 Å². The zero-order valence-corrected chi connectivity index (χ0v) is 19.5. The fourth-order valence-electron chi connectivity index (χ4n) is 3.24. The van der Waals surface area contributed by atoms with Gasteiger partial charge in [0.1, 0.15) is 0 Å². The Balaban J connectivity index is 1.55. The molecule has 4 aromatic rings. The van der Waals surface area contributed by atoms with E-state index >= 15 is 0 Å². The molecule has 0 unspecified atom stereocenters. The minimum Gasteiger partial charge on any atom is -0.446 e. The second-order valence-corrected chi connectivity index (χ2v) is 8.81. The highest BCUT2D eigenvalue weighted by Crippen LogP contribution is 2.28. The van der Waals surface area contributed by atoms with E-state index in [2.05, 4.69) is 31.4 Å². The SMILES string of the molecule is Cc1cccc(C)c1NC(=O)CSc1nnc(-c2ccc(Br)o2)n1Cc1ccccc1. The molecule has 0 bridgehead atoms. The lowest BCUT2D eigenvalue weighted by atomic mass is 10.1. The van der Waals surface area contributed by atoms with Crippen LogP contribution in [0.2, 0.25) is 0 Å². The number of aromatic nitrogens is 3. The molecule has 0 aliphatic heterocycles. The van der Waals surface area contributed by atoms with Crippen molar-refractivity contribution in [3.05, 3.63) is 82.0 Å². The zero-order chi connectivity index (χ0) is 21.8. The van der Waals surface area contributed by atoms with Gasteiger partial charge in [0, 0.05) is 5.69 Å². The molecular formula is C23H21BrN4O2S. The summed E-state index contributed by atoms with van der Waals surface area (Å²) in [5.41, 5.74) is 4.04. The molecular weight excluding hydrogens is 476 g/mol. The normalized spacial score (nSPS) is 10.9. The Morgan fingerprint density at radius 1 is 1.03 bits per heavy atom. The first kappa shape index (κ1) is 21.4. The van der Waals surface area contributed by atoms with Crippen molar-refractivity contribution in [1.29, 1.82) is 0 Å². The Labute approximate surface area is 193 Å². The van der Waals surface area contributed by atoms with Gasteiger partial charge in [-0.25, -0.2) is 0 Å². The molecule has 158 valence electrons. The van der Waals surface area contributed by atoms with E-state index in [-0.39, 0.29) is 11.7 Å². The topological polar surface area (TPSA) is 73.0 Å². The highest BCUT2D eigenvalue weighted by molar-refractivity contribution is 9.10. The molecule has 4 rings (SSSR count). The standard InChI is InChI=1S/C23H21BrN4O2S/c1-15-7-6-8-16(2)21(15)25-20(29)14-31-23-27-26-22(18-11-12-19(24)30-18)28(23)13-17-9-4-3-5-10-17/h3-12H,13-14H2,1-2H3,(H,25,29). The summed E-state index contributed by atoms with van der Waals surface area (Å²) in [6, 6.07) is 19.7. The summed E-state index contributed by atoms with van der Waals surface area (Å²) in [7, 11) is 0. The van der Waals surface area contributed by atoms with Crippen LogP contribution in [-0.4, -0.2) is 26.4 Å². The molecule has 2 aromatic carbocycles. The van der Waals surface area contributed by atoms with Gasteiger partial charge in [-0.1, -0.05) is 60.3 Å². The first-order valence-corrected chi connectivity index (χ1v) is 11.5. The van der Waals surface area contributed by atoms with E-state index in [9.17, 15) is 4.79 Å². The van der Waals surface area contributed by atoms with Crippen molar-refractivity contribution in [2.45, 2.75) is 25.5 Å². The number of benzene rings is 2. The summed E-state index contributed by atoms with van der Waals surface area (Å²) < 4.78 is 8.29. The van der Waals surface area contributed by atoms with Crippen LogP contribution in [0.5, 0.6) is 0 Å². The summed E-state index contributed by atoms with van der Waals surface area (Å²) in [5, 5.41) is 12.3. The number of nitrogens with one attached hydrogen (secondary N) is 1. The Kier molecular flexibility index (Phi) is 6.58. The largest absolute Gasteiger partial charge is 0.446 e. The maximum atomic E-state index is 12.6. The third-order valence-corrected chi connectivity index (χ3v) is 6.16. The van der Waals surface area contributed by atoms with Crippen molar-refractivity contribution in [3.8, 4) is 11.6 Å². The average molecular weight is 497 g/mol. The van der Waals surface area contributed by atoms with Crippen molar-refractivity contribution in [1.82, 2.24) is 14.8 Å². The fourth-order valence-corrected chi connectivity index (χ4v) is 4.28. The van der Waals surface area contributed by atoms with Gasteiger partial charge >= 0.3 is 0 Å². The Bertz CT molecular complexity index is 1180. The maximum Gasteiger partial charge on any atom is 0.234 e. The molecule has 0 saturated carbocycles. The van der Waals surface area contributed by atoms with Crippen molar-refractivity contribution in [2.24, 2.45) is 0 Å². The van der Waals surface area contributed by atoms with Crippen molar-refractivity contribution < 1.29 is 9.21 Å². The minimum absolute atomic E-state index is 0.0843. The van der Waals surface area contributed by atoms with E-state index in [1.807, 2.05) is 79.1 Å². The smallest absolute Gasteiger partial charge is 0.234 e. The minimum atomic E-state index is -0.0843. The van der Waals surface area contributed by atoms with Crippen LogP contribution in [0.15, 0.2) is 74.9 Å². The number of anilines is 1. The molecule has 0 spiro atoms. The lowest BCUT2D eigenvalue weighted by molar-refractivity contribution is -0.113. The molecule has 1 amide bonds. The van der Waals surface area contributed by atoms with Gasteiger partial charge in [0.15, 0.2) is 15.6 Å². The molecule has 0 atom stereocenters. The molecule has 8 heteroatoms. The predicted molar refractivity (Wildman–Crippen MR) is 126 cm³/mol. The summed E-state index contributed by atoms with van der Waals surface area (Å²) in [6.07, 6.45) is 0. The number of rotatable bonds is 7. The van der Waals surface area contributed by atoms with Gasteiger partial charge in [-0.2, -0.15) is 0 Å². The number of carbonyl (C=O) groups is 1. The van der Waals surface area contributed by atoms with Gasteiger partial charge in [-0.3, -0.25) is 9.36 Å². The first-order chi connectivity index (χ1) is 15.0. The van der Waals surface area contributed by atoms with Crippen LogP contribution in [0.4, 0.5) is 5.69 Å². The summed E-state index contributed by atoms with van der Waals surface area (Å²) in [6.45, 7) is 4.54. The van der Waals surface area contributed by atoms with Crippen LogP contribution in [0.3, 0.4) is 0 Å². The number of nitrogens with zero attached hydrogens (tertiary/aromatic N) is 3. The molecule has 6 nitrogen and oxygen atoms in total. The Hall–Kier alpha value is -2.84. The average Bonchev–Trinajstić information content (AvgIpc) is 3.36. The number of amides is 1. The van der Waals surface area contributed by atoms with Gasteiger partial charge in [0.05, 0.1) is 12.3 Å². The zero-order valence-electron chi connectivity index (χ0n) is 17.1.